The first kappa shape index (κ1) is 13.7. The van der Waals surface area contributed by atoms with E-state index in [9.17, 15) is 13.2 Å². The van der Waals surface area contributed by atoms with Crippen LogP contribution in [0.5, 0.6) is 0 Å². The van der Waals surface area contributed by atoms with Crippen molar-refractivity contribution >= 4 is 16.0 Å². The summed E-state index contributed by atoms with van der Waals surface area (Å²) in [7, 11) is -3.87. The van der Waals surface area contributed by atoms with E-state index in [1.54, 1.807) is 6.92 Å². The second-order valence-electron chi connectivity index (χ2n) is 3.93. The number of hydrogen-bond acceptors (Lipinski definition) is 4. The first-order chi connectivity index (χ1) is 7.82. The fraction of sp³-hybridized carbons (Fsp3) is 0.556. The third kappa shape index (κ3) is 3.04. The number of carbonyl (C=O) groups is 1. The summed E-state index contributed by atoms with van der Waals surface area (Å²) in [6.45, 7) is 3.13. The molecular formula is C9H15N3O4S. The molecule has 0 bridgehead atoms. The molecule has 0 saturated heterocycles. The summed E-state index contributed by atoms with van der Waals surface area (Å²) < 4.78 is 25.9. The maximum absolute atomic E-state index is 11.9. The number of rotatable bonds is 6. The lowest BCUT2D eigenvalue weighted by Gasteiger charge is -2.24. The number of nitrogens with one attached hydrogen (secondary N) is 2. The van der Waals surface area contributed by atoms with Crippen molar-refractivity contribution < 1.29 is 18.3 Å². The molecule has 0 aliphatic carbocycles. The highest BCUT2D eigenvalue weighted by molar-refractivity contribution is 7.89. The molecule has 1 heterocycles. The van der Waals surface area contributed by atoms with Crippen molar-refractivity contribution in [2.24, 2.45) is 0 Å². The standard InChI is InChI=1S/C9H15N3O4S/c1-3-4-9(2,8(13)14)12-17(15,16)7-5-10-11-6-7/h5-6,12H,3-4H2,1-2H3,(H,10,11)(H,13,14). The number of aromatic amines is 1. The van der Waals surface area contributed by atoms with Crippen molar-refractivity contribution in [1.82, 2.24) is 14.9 Å². The summed E-state index contributed by atoms with van der Waals surface area (Å²) in [5.41, 5.74) is -1.51. The molecule has 1 atom stereocenters. The molecule has 17 heavy (non-hydrogen) atoms. The predicted molar refractivity (Wildman–Crippen MR) is 59.9 cm³/mol. The summed E-state index contributed by atoms with van der Waals surface area (Å²) in [6.07, 6.45) is 3.07. The number of hydrogen-bond donors (Lipinski definition) is 3. The topological polar surface area (TPSA) is 112 Å². The average Bonchev–Trinajstić information content (AvgIpc) is 2.69. The Kier molecular flexibility index (Phi) is 3.89. The molecule has 3 N–H and O–H groups in total. The lowest BCUT2D eigenvalue weighted by Crippen LogP contribution is -2.51. The molecule has 0 aliphatic heterocycles. The van der Waals surface area contributed by atoms with Crippen LogP contribution in [0.3, 0.4) is 0 Å². The van der Waals surface area contributed by atoms with Gasteiger partial charge in [0.2, 0.25) is 10.0 Å². The van der Waals surface area contributed by atoms with E-state index in [1.807, 2.05) is 0 Å². The van der Waals surface area contributed by atoms with Gasteiger partial charge in [0.25, 0.3) is 0 Å². The molecule has 7 nitrogen and oxygen atoms in total. The van der Waals surface area contributed by atoms with Gasteiger partial charge in [0.05, 0.1) is 6.20 Å². The lowest BCUT2D eigenvalue weighted by atomic mass is 9.98. The number of carboxylic acid groups (broad SMARTS) is 1. The zero-order valence-corrected chi connectivity index (χ0v) is 10.4. The Morgan fingerprint density at radius 2 is 2.29 bits per heavy atom. The van der Waals surface area contributed by atoms with Gasteiger partial charge in [0, 0.05) is 6.20 Å². The van der Waals surface area contributed by atoms with Crippen LogP contribution in [0, 0.1) is 0 Å². The molecule has 1 rings (SSSR count). The smallest absolute Gasteiger partial charge is 0.324 e. The third-order valence-corrected chi connectivity index (χ3v) is 3.93. The maximum Gasteiger partial charge on any atom is 0.324 e. The van der Waals surface area contributed by atoms with Crippen molar-refractivity contribution in [2.45, 2.75) is 37.1 Å². The first-order valence-electron chi connectivity index (χ1n) is 5.08. The fourth-order valence-electron chi connectivity index (χ4n) is 1.44. The van der Waals surface area contributed by atoms with E-state index in [2.05, 4.69) is 14.9 Å². The number of sulfonamides is 1. The highest BCUT2D eigenvalue weighted by atomic mass is 32.2. The highest BCUT2D eigenvalue weighted by Gasteiger charge is 2.37. The first-order valence-corrected chi connectivity index (χ1v) is 6.56. The molecule has 96 valence electrons. The van der Waals surface area contributed by atoms with Crippen LogP contribution in [-0.2, 0) is 14.8 Å². The van der Waals surface area contributed by atoms with Gasteiger partial charge in [-0.3, -0.25) is 9.89 Å². The summed E-state index contributed by atoms with van der Waals surface area (Å²) in [6, 6.07) is 0. The molecule has 0 fully saturated rings. The van der Waals surface area contributed by atoms with Crippen LogP contribution in [0.2, 0.25) is 0 Å². The quantitative estimate of drug-likeness (QED) is 0.683. The van der Waals surface area contributed by atoms with Gasteiger partial charge in [-0.25, -0.2) is 8.42 Å². The number of H-pyrrole nitrogens is 1. The van der Waals surface area contributed by atoms with Crippen molar-refractivity contribution in [1.29, 1.82) is 0 Å². The van der Waals surface area contributed by atoms with E-state index in [0.717, 1.165) is 6.20 Å². The van der Waals surface area contributed by atoms with E-state index in [4.69, 9.17) is 5.11 Å². The Bertz CT molecular complexity index is 482. The molecule has 0 spiro atoms. The van der Waals surface area contributed by atoms with Crippen LogP contribution in [0.15, 0.2) is 17.3 Å². The lowest BCUT2D eigenvalue weighted by molar-refractivity contribution is -0.143. The average molecular weight is 261 g/mol. The van der Waals surface area contributed by atoms with E-state index >= 15 is 0 Å². The van der Waals surface area contributed by atoms with Gasteiger partial charge in [0.1, 0.15) is 10.4 Å². The minimum absolute atomic E-state index is 0.0823. The Morgan fingerprint density at radius 3 is 2.71 bits per heavy atom. The highest BCUT2D eigenvalue weighted by Crippen LogP contribution is 2.17. The number of aromatic nitrogens is 2. The van der Waals surface area contributed by atoms with Crippen molar-refractivity contribution in [2.75, 3.05) is 0 Å². The van der Waals surface area contributed by atoms with Crippen LogP contribution in [-0.4, -0.2) is 35.2 Å². The molecule has 0 radical (unpaired) electrons. The van der Waals surface area contributed by atoms with Crippen molar-refractivity contribution in [3.05, 3.63) is 12.4 Å². The molecule has 0 saturated carbocycles. The van der Waals surface area contributed by atoms with Crippen LogP contribution in [0.25, 0.3) is 0 Å². The minimum atomic E-state index is -3.87. The SMILES string of the molecule is CCCC(C)(NS(=O)(=O)c1cn[nH]c1)C(=O)O. The van der Waals surface area contributed by atoms with Crippen LogP contribution in [0.1, 0.15) is 26.7 Å². The van der Waals surface area contributed by atoms with E-state index < -0.39 is 21.5 Å². The monoisotopic (exact) mass is 261 g/mol. The van der Waals surface area contributed by atoms with E-state index in [1.165, 1.54) is 13.1 Å². The second kappa shape index (κ2) is 4.84. The molecule has 0 amide bonds. The van der Waals surface area contributed by atoms with Crippen LogP contribution >= 0.6 is 0 Å². The van der Waals surface area contributed by atoms with Crippen LogP contribution in [0.4, 0.5) is 0 Å². The summed E-state index contributed by atoms with van der Waals surface area (Å²) in [4.78, 5) is 11.0. The van der Waals surface area contributed by atoms with Gasteiger partial charge in [-0.2, -0.15) is 9.82 Å². The molecular weight excluding hydrogens is 246 g/mol. The zero-order valence-electron chi connectivity index (χ0n) is 9.60. The van der Waals surface area contributed by atoms with Crippen molar-refractivity contribution in [3.63, 3.8) is 0 Å². The molecule has 1 aromatic heterocycles. The minimum Gasteiger partial charge on any atom is -0.480 e. The van der Waals surface area contributed by atoms with Crippen molar-refractivity contribution in [3.8, 4) is 0 Å². The van der Waals surface area contributed by atoms with Gasteiger partial charge in [-0.15, -0.1) is 0 Å². The van der Waals surface area contributed by atoms with Gasteiger partial charge in [0.15, 0.2) is 0 Å². The Morgan fingerprint density at radius 1 is 1.65 bits per heavy atom. The predicted octanol–water partition coefficient (Wildman–Crippen LogP) is 0.331. The van der Waals surface area contributed by atoms with E-state index in [-0.39, 0.29) is 11.3 Å². The summed E-state index contributed by atoms with van der Waals surface area (Å²) in [5, 5.41) is 15.0. The number of carboxylic acids is 1. The van der Waals surface area contributed by atoms with Gasteiger partial charge >= 0.3 is 5.97 Å². The summed E-state index contributed by atoms with van der Waals surface area (Å²) in [5.74, 6) is -1.20. The van der Waals surface area contributed by atoms with Gasteiger partial charge in [-0.05, 0) is 13.3 Å². The van der Waals surface area contributed by atoms with Crippen LogP contribution < -0.4 is 4.72 Å². The fourth-order valence-corrected chi connectivity index (χ4v) is 2.74. The molecule has 1 aromatic rings. The Balaban J connectivity index is 3.00. The number of aliphatic carboxylic acids is 1. The molecule has 0 aliphatic rings. The van der Waals surface area contributed by atoms with E-state index in [0.29, 0.717) is 6.42 Å². The molecule has 8 heteroatoms. The second-order valence-corrected chi connectivity index (χ2v) is 5.61. The Hall–Kier alpha value is -1.41. The largest absolute Gasteiger partial charge is 0.480 e. The van der Waals surface area contributed by atoms with Gasteiger partial charge < -0.3 is 5.11 Å². The molecule has 1 unspecified atom stereocenters. The normalized spacial score (nSPS) is 15.4. The Labute approximate surface area is 99.3 Å². The van der Waals surface area contributed by atoms with Gasteiger partial charge in [-0.1, -0.05) is 13.3 Å². The number of nitrogens with zero attached hydrogens (tertiary/aromatic N) is 1. The maximum atomic E-state index is 11.9. The summed E-state index contributed by atoms with van der Waals surface area (Å²) >= 11 is 0. The zero-order chi connectivity index (χ0) is 13.1. The molecule has 0 aromatic carbocycles. The third-order valence-electron chi connectivity index (χ3n) is 2.37.